The van der Waals surface area contributed by atoms with E-state index in [1.807, 2.05) is 7.05 Å². The number of nitrogens with zero attached hydrogens (tertiary/aromatic N) is 2. The fourth-order valence-corrected chi connectivity index (χ4v) is 2.40. The summed E-state index contributed by atoms with van der Waals surface area (Å²) < 4.78 is 5.62. The van der Waals surface area contributed by atoms with Crippen LogP contribution in [-0.4, -0.2) is 50.8 Å². The van der Waals surface area contributed by atoms with E-state index < -0.39 is 0 Å². The van der Waals surface area contributed by atoms with Gasteiger partial charge in [0.1, 0.15) is 0 Å². The van der Waals surface area contributed by atoms with E-state index in [-0.39, 0.29) is 24.0 Å². The highest BCUT2D eigenvalue weighted by Gasteiger charge is 2.30. The van der Waals surface area contributed by atoms with Crippen molar-refractivity contribution in [3.05, 3.63) is 0 Å². The highest BCUT2D eigenvalue weighted by molar-refractivity contribution is 14.0. The van der Waals surface area contributed by atoms with Gasteiger partial charge in [0.15, 0.2) is 5.96 Å². The lowest BCUT2D eigenvalue weighted by molar-refractivity contribution is 0.128. The average molecular weight is 381 g/mol. The molecule has 1 heterocycles. The van der Waals surface area contributed by atoms with Crippen molar-refractivity contribution in [3.8, 4) is 0 Å². The summed E-state index contributed by atoms with van der Waals surface area (Å²) in [7, 11) is 1.86. The standard InChI is InChI=1S/C14H27N3O.HI/c1-14(2)6-8-17(11-14)13(15-3)16-7-9-18-10-12-4-5-12;/h12H,4-11H2,1-3H3,(H,15,16);1H. The quantitative estimate of drug-likeness (QED) is 0.344. The van der Waals surface area contributed by atoms with Crippen molar-refractivity contribution in [2.75, 3.05) is 39.9 Å². The minimum absolute atomic E-state index is 0. The molecular weight excluding hydrogens is 353 g/mol. The van der Waals surface area contributed by atoms with E-state index in [9.17, 15) is 0 Å². The van der Waals surface area contributed by atoms with Crippen LogP contribution >= 0.6 is 24.0 Å². The van der Waals surface area contributed by atoms with Crippen LogP contribution in [0, 0.1) is 11.3 Å². The molecule has 0 radical (unpaired) electrons. The summed E-state index contributed by atoms with van der Waals surface area (Å²) in [6.07, 6.45) is 3.96. The van der Waals surface area contributed by atoms with E-state index in [0.29, 0.717) is 5.41 Å². The van der Waals surface area contributed by atoms with Gasteiger partial charge >= 0.3 is 0 Å². The minimum Gasteiger partial charge on any atom is -0.379 e. The summed E-state index contributed by atoms with van der Waals surface area (Å²) in [5.41, 5.74) is 0.417. The SMILES string of the molecule is CN=C(NCCOCC1CC1)N1CCC(C)(C)C1.I. The number of nitrogens with one attached hydrogen (secondary N) is 1. The van der Waals surface area contributed by atoms with Gasteiger partial charge in [-0.3, -0.25) is 4.99 Å². The van der Waals surface area contributed by atoms with E-state index in [2.05, 4.69) is 29.1 Å². The van der Waals surface area contributed by atoms with Gasteiger partial charge in [-0.15, -0.1) is 24.0 Å². The Hall–Kier alpha value is -0.0400. The highest BCUT2D eigenvalue weighted by atomic mass is 127. The molecule has 0 bridgehead atoms. The summed E-state index contributed by atoms with van der Waals surface area (Å²) in [4.78, 5) is 6.70. The molecule has 1 aliphatic heterocycles. The van der Waals surface area contributed by atoms with Gasteiger partial charge in [0.05, 0.1) is 6.61 Å². The molecule has 2 fully saturated rings. The first kappa shape index (κ1) is 17.0. The maximum atomic E-state index is 5.62. The normalized spacial score (nSPS) is 22.3. The number of ether oxygens (including phenoxy) is 1. The second-order valence-corrected chi connectivity index (χ2v) is 6.33. The zero-order valence-corrected chi connectivity index (χ0v) is 14.8. The van der Waals surface area contributed by atoms with Crippen LogP contribution in [0.25, 0.3) is 0 Å². The molecule has 2 rings (SSSR count). The summed E-state index contributed by atoms with van der Waals surface area (Å²) in [5, 5.41) is 3.39. The van der Waals surface area contributed by atoms with E-state index >= 15 is 0 Å². The van der Waals surface area contributed by atoms with Crippen molar-refractivity contribution in [2.24, 2.45) is 16.3 Å². The first-order valence-electron chi connectivity index (χ1n) is 7.14. The Morgan fingerprint density at radius 3 is 2.68 bits per heavy atom. The average Bonchev–Trinajstić information content (AvgIpc) is 3.07. The first-order chi connectivity index (χ1) is 8.61. The van der Waals surface area contributed by atoms with Gasteiger partial charge < -0.3 is 15.0 Å². The van der Waals surface area contributed by atoms with Crippen molar-refractivity contribution in [1.29, 1.82) is 0 Å². The molecule has 1 aliphatic carbocycles. The van der Waals surface area contributed by atoms with Crippen LogP contribution in [0.5, 0.6) is 0 Å². The summed E-state index contributed by atoms with van der Waals surface area (Å²) in [5.74, 6) is 1.87. The maximum Gasteiger partial charge on any atom is 0.193 e. The third-order valence-corrected chi connectivity index (χ3v) is 3.77. The molecule has 2 aliphatic rings. The molecule has 0 unspecified atom stereocenters. The highest BCUT2D eigenvalue weighted by Crippen LogP contribution is 2.29. The third-order valence-electron chi connectivity index (χ3n) is 3.77. The summed E-state index contributed by atoms with van der Waals surface area (Å²) >= 11 is 0. The molecule has 4 nitrogen and oxygen atoms in total. The molecule has 1 N–H and O–H groups in total. The van der Waals surface area contributed by atoms with Gasteiger partial charge in [0.25, 0.3) is 0 Å². The second-order valence-electron chi connectivity index (χ2n) is 6.33. The van der Waals surface area contributed by atoms with Crippen LogP contribution in [0.15, 0.2) is 4.99 Å². The van der Waals surface area contributed by atoms with Crippen LogP contribution in [0.1, 0.15) is 33.1 Å². The summed E-state index contributed by atoms with van der Waals surface area (Å²) in [6.45, 7) is 9.42. The number of halogens is 1. The zero-order chi connectivity index (χ0) is 13.0. The van der Waals surface area contributed by atoms with Gasteiger partial charge in [-0.05, 0) is 30.6 Å². The van der Waals surface area contributed by atoms with E-state index in [1.165, 1.54) is 19.3 Å². The van der Waals surface area contributed by atoms with E-state index in [0.717, 1.165) is 44.7 Å². The Morgan fingerprint density at radius 2 is 2.16 bits per heavy atom. The van der Waals surface area contributed by atoms with Crippen molar-refractivity contribution < 1.29 is 4.74 Å². The Balaban J connectivity index is 0.00000180. The molecule has 19 heavy (non-hydrogen) atoms. The largest absolute Gasteiger partial charge is 0.379 e. The second kappa shape index (κ2) is 7.67. The van der Waals surface area contributed by atoms with Gasteiger partial charge in [0.2, 0.25) is 0 Å². The topological polar surface area (TPSA) is 36.9 Å². The third kappa shape index (κ3) is 5.85. The lowest BCUT2D eigenvalue weighted by Crippen LogP contribution is -2.42. The maximum absolute atomic E-state index is 5.62. The number of rotatable bonds is 5. The van der Waals surface area contributed by atoms with Crippen LogP contribution in [0.2, 0.25) is 0 Å². The molecule has 0 aromatic carbocycles. The molecule has 0 amide bonds. The molecule has 0 atom stereocenters. The predicted molar refractivity (Wildman–Crippen MR) is 90.3 cm³/mol. The van der Waals surface area contributed by atoms with Crippen LogP contribution in [0.3, 0.4) is 0 Å². The lowest BCUT2D eigenvalue weighted by atomic mass is 9.93. The first-order valence-corrected chi connectivity index (χ1v) is 7.14. The fourth-order valence-electron chi connectivity index (χ4n) is 2.40. The number of likely N-dealkylation sites (tertiary alicyclic amines) is 1. The van der Waals surface area contributed by atoms with Crippen molar-refractivity contribution >= 4 is 29.9 Å². The Morgan fingerprint density at radius 1 is 1.42 bits per heavy atom. The number of guanidine groups is 1. The number of hydrogen-bond donors (Lipinski definition) is 1. The number of hydrogen-bond acceptors (Lipinski definition) is 2. The molecule has 0 spiro atoms. The van der Waals surface area contributed by atoms with E-state index in [4.69, 9.17) is 4.74 Å². The van der Waals surface area contributed by atoms with Gasteiger partial charge in [-0.25, -0.2) is 0 Å². The molecule has 112 valence electrons. The zero-order valence-electron chi connectivity index (χ0n) is 12.4. The Kier molecular flexibility index (Phi) is 6.86. The molecule has 0 aromatic heterocycles. The van der Waals surface area contributed by atoms with Crippen molar-refractivity contribution in [3.63, 3.8) is 0 Å². The molecule has 1 saturated heterocycles. The van der Waals surface area contributed by atoms with Crippen LogP contribution in [0.4, 0.5) is 0 Å². The number of aliphatic imine (C=N–C) groups is 1. The predicted octanol–water partition coefficient (Wildman–Crippen LogP) is 2.34. The molecular formula is C14H28IN3O. The molecule has 1 saturated carbocycles. The van der Waals surface area contributed by atoms with Gasteiger partial charge in [-0.2, -0.15) is 0 Å². The smallest absolute Gasteiger partial charge is 0.193 e. The molecule has 0 aromatic rings. The van der Waals surface area contributed by atoms with Crippen LogP contribution < -0.4 is 5.32 Å². The van der Waals surface area contributed by atoms with Gasteiger partial charge in [0, 0.05) is 33.3 Å². The van der Waals surface area contributed by atoms with Crippen LogP contribution in [-0.2, 0) is 4.74 Å². The monoisotopic (exact) mass is 381 g/mol. The lowest BCUT2D eigenvalue weighted by Gasteiger charge is -2.23. The van der Waals surface area contributed by atoms with Gasteiger partial charge in [-0.1, -0.05) is 13.8 Å². The minimum atomic E-state index is 0. The van der Waals surface area contributed by atoms with Crippen molar-refractivity contribution in [2.45, 2.75) is 33.1 Å². The Bertz CT molecular complexity index is 303. The van der Waals surface area contributed by atoms with Crippen molar-refractivity contribution in [1.82, 2.24) is 10.2 Å². The molecule has 5 heteroatoms. The Labute approximate surface area is 134 Å². The summed E-state index contributed by atoms with van der Waals surface area (Å²) in [6, 6.07) is 0. The fraction of sp³-hybridized carbons (Fsp3) is 0.929. The van der Waals surface area contributed by atoms with E-state index in [1.54, 1.807) is 0 Å².